The van der Waals surface area contributed by atoms with Crippen molar-refractivity contribution in [2.24, 2.45) is 17.3 Å². The molecule has 39 heavy (non-hydrogen) atoms. The van der Waals surface area contributed by atoms with E-state index in [2.05, 4.69) is 18.0 Å². The average molecular weight is 530 g/mol. The number of piperidine rings is 1. The zero-order chi connectivity index (χ0) is 27.1. The quantitative estimate of drug-likeness (QED) is 0.280. The van der Waals surface area contributed by atoms with Crippen molar-refractivity contribution in [3.8, 4) is 11.5 Å². The summed E-state index contributed by atoms with van der Waals surface area (Å²) in [7, 11) is 7.63. The van der Waals surface area contributed by atoms with Crippen LogP contribution in [0.1, 0.15) is 17.5 Å². The van der Waals surface area contributed by atoms with E-state index < -0.39 is 34.4 Å². The summed E-state index contributed by atoms with van der Waals surface area (Å²) in [5.41, 5.74) is 1.25. The third kappa shape index (κ3) is 2.29. The Morgan fingerprint density at radius 2 is 1.79 bits per heavy atom. The number of carbonyl (C=O) groups excluding carboxylic acids is 2. The summed E-state index contributed by atoms with van der Waals surface area (Å²) in [4.78, 5) is 39.6. The third-order valence-corrected chi connectivity index (χ3v) is 10.9. The number of rotatable bonds is 4. The van der Waals surface area contributed by atoms with E-state index >= 15 is 0 Å². The molecule has 2 amide bonds. The first-order chi connectivity index (χ1) is 18.8. The van der Waals surface area contributed by atoms with Crippen molar-refractivity contribution in [1.82, 2.24) is 4.90 Å². The number of imide groups is 1. The largest absolute Gasteiger partial charge is 0.482 e. The van der Waals surface area contributed by atoms with E-state index in [1.54, 1.807) is 13.2 Å². The third-order valence-electron chi connectivity index (χ3n) is 10.9. The van der Waals surface area contributed by atoms with E-state index in [1.165, 1.54) is 4.90 Å². The molecule has 9 rings (SSSR count). The van der Waals surface area contributed by atoms with E-state index in [-0.39, 0.29) is 23.6 Å². The Kier molecular flexibility index (Phi) is 4.34. The number of carbonyl (C=O) groups is 2. The Labute approximate surface area is 226 Å². The van der Waals surface area contributed by atoms with Gasteiger partial charge in [-0.05, 0) is 62.3 Å². The maximum atomic E-state index is 14.6. The molecule has 2 spiro atoms. The van der Waals surface area contributed by atoms with Crippen molar-refractivity contribution in [1.29, 1.82) is 0 Å². The summed E-state index contributed by atoms with van der Waals surface area (Å²) >= 11 is 0. The molecule has 0 aromatic heterocycles. The Morgan fingerprint density at radius 3 is 2.49 bits per heavy atom. The molecule has 7 aliphatic rings. The molecule has 4 bridgehead atoms. The maximum absolute atomic E-state index is 14.6. The highest BCUT2D eigenvalue weighted by molar-refractivity contribution is 6.23. The number of benzene rings is 2. The molecular weight excluding hydrogens is 498 g/mol. The molecule has 7 atom stereocenters. The number of nitrogens with zero attached hydrogens (tertiary/aromatic N) is 3. The van der Waals surface area contributed by atoms with Crippen molar-refractivity contribution in [2.45, 2.75) is 36.0 Å². The van der Waals surface area contributed by atoms with Gasteiger partial charge in [-0.15, -0.1) is 0 Å². The SMILES string of the molecule is CO[C@]12C=C[C@@]3(C4C(=O)N(c5ccc(N(C)C)cc5)C(=O)C41)[C@H]1Cc4ccc(OO)c5c4[C@@]3(CCN1C)[C@H]2O5. The fraction of sp³-hybridized carbons (Fsp3) is 0.467. The van der Waals surface area contributed by atoms with Crippen LogP contribution in [0.2, 0.25) is 0 Å². The fourth-order valence-electron chi connectivity index (χ4n) is 9.43. The molecule has 2 aromatic carbocycles. The molecule has 9 nitrogen and oxygen atoms in total. The van der Waals surface area contributed by atoms with Crippen molar-refractivity contribution < 1.29 is 29.2 Å². The van der Waals surface area contributed by atoms with Gasteiger partial charge < -0.3 is 24.2 Å². The number of likely N-dealkylation sites (tertiary alicyclic amines) is 1. The van der Waals surface area contributed by atoms with E-state index in [4.69, 9.17) is 14.4 Å². The zero-order valence-electron chi connectivity index (χ0n) is 22.4. The van der Waals surface area contributed by atoms with Crippen LogP contribution in [0.3, 0.4) is 0 Å². The van der Waals surface area contributed by atoms with Crippen LogP contribution >= 0.6 is 0 Å². The van der Waals surface area contributed by atoms with Crippen molar-refractivity contribution in [3.05, 3.63) is 59.7 Å². The molecule has 2 saturated heterocycles. The van der Waals surface area contributed by atoms with Gasteiger partial charge in [-0.25, -0.2) is 10.2 Å². The van der Waals surface area contributed by atoms with Gasteiger partial charge in [-0.2, -0.15) is 0 Å². The number of hydrogen-bond acceptors (Lipinski definition) is 8. The van der Waals surface area contributed by atoms with Gasteiger partial charge in [0.2, 0.25) is 17.6 Å². The standard InChI is InChI=1S/C30H31N3O6/c1-31(2)17-6-8-18(9-7-17)33-25(34)22-23(26(33)35)30(37-4)12-11-28(22)20-15-16-5-10-19(39-36)24-21(16)29(28,27(30)38-24)13-14-32(20)3/h5-12,20,22-23,27,36H,13-15H2,1-4H3/t20-,22?,23?,27-,28+,29+,30-/m1/s1. The Morgan fingerprint density at radius 1 is 1.05 bits per heavy atom. The summed E-state index contributed by atoms with van der Waals surface area (Å²) in [6.45, 7) is 0.818. The van der Waals surface area contributed by atoms with Gasteiger partial charge >= 0.3 is 0 Å². The lowest BCUT2D eigenvalue weighted by Crippen LogP contribution is -2.82. The van der Waals surface area contributed by atoms with Gasteiger partial charge in [0, 0.05) is 43.9 Å². The van der Waals surface area contributed by atoms with Gasteiger partial charge in [-0.3, -0.25) is 9.59 Å². The highest BCUT2D eigenvalue weighted by Crippen LogP contribution is 2.77. The molecule has 9 heteroatoms. The summed E-state index contributed by atoms with van der Waals surface area (Å²) in [5.74, 6) is -1.04. The lowest BCUT2D eigenvalue weighted by atomic mass is 9.34. The minimum atomic E-state index is -1.15. The number of methoxy groups -OCH3 is 1. The predicted molar refractivity (Wildman–Crippen MR) is 142 cm³/mol. The summed E-state index contributed by atoms with van der Waals surface area (Å²) in [6.07, 6.45) is 5.08. The molecule has 0 radical (unpaired) electrons. The van der Waals surface area contributed by atoms with Crippen LogP contribution in [0.4, 0.5) is 11.4 Å². The van der Waals surface area contributed by atoms with E-state index in [0.717, 1.165) is 29.8 Å². The van der Waals surface area contributed by atoms with Gasteiger partial charge in [0.25, 0.3) is 0 Å². The first kappa shape index (κ1) is 23.5. The normalized spacial score (nSPS) is 38.5. The summed E-state index contributed by atoms with van der Waals surface area (Å²) < 4.78 is 13.1. The molecule has 3 heterocycles. The second kappa shape index (κ2) is 7.21. The molecule has 3 aliphatic heterocycles. The Balaban J connectivity index is 1.39. The average Bonchev–Trinajstić information content (AvgIpc) is 3.45. The van der Waals surface area contributed by atoms with Crippen LogP contribution in [-0.2, 0) is 26.2 Å². The number of likely N-dealkylation sites (N-methyl/N-ethyl adjacent to an activating group) is 1. The van der Waals surface area contributed by atoms with Crippen molar-refractivity contribution in [3.63, 3.8) is 0 Å². The predicted octanol–water partition coefficient (Wildman–Crippen LogP) is 2.62. The van der Waals surface area contributed by atoms with Crippen molar-refractivity contribution >= 4 is 23.2 Å². The number of ether oxygens (including phenoxy) is 2. The monoisotopic (exact) mass is 529 g/mol. The molecule has 4 aliphatic carbocycles. The van der Waals surface area contributed by atoms with Gasteiger partial charge in [-0.1, -0.05) is 18.2 Å². The second-order valence-corrected chi connectivity index (χ2v) is 12.1. The van der Waals surface area contributed by atoms with Crippen LogP contribution in [0.25, 0.3) is 0 Å². The molecule has 1 N–H and O–H groups in total. The van der Waals surface area contributed by atoms with E-state index in [0.29, 0.717) is 17.9 Å². The topological polar surface area (TPSA) is 91.8 Å². The Hall–Kier alpha value is -3.40. The lowest BCUT2D eigenvalue weighted by Gasteiger charge is -2.71. The molecule has 3 fully saturated rings. The highest BCUT2D eigenvalue weighted by atomic mass is 17.1. The lowest BCUT2D eigenvalue weighted by molar-refractivity contribution is -0.230. The molecular formula is C30H31N3O6. The van der Waals surface area contributed by atoms with E-state index in [9.17, 15) is 14.8 Å². The van der Waals surface area contributed by atoms with Gasteiger partial charge in [0.1, 0.15) is 11.7 Å². The minimum Gasteiger partial charge on any atom is -0.482 e. The second-order valence-electron chi connectivity index (χ2n) is 12.1. The molecule has 1 saturated carbocycles. The number of amides is 2. The van der Waals surface area contributed by atoms with Crippen molar-refractivity contribution in [2.75, 3.05) is 44.6 Å². The Bertz CT molecular complexity index is 1490. The molecule has 2 aromatic rings. The summed E-state index contributed by atoms with van der Waals surface area (Å²) in [6, 6.07) is 11.3. The van der Waals surface area contributed by atoms with E-state index in [1.807, 2.05) is 55.4 Å². The van der Waals surface area contributed by atoms with Crippen LogP contribution < -0.4 is 19.4 Å². The van der Waals surface area contributed by atoms with Crippen LogP contribution in [0.5, 0.6) is 11.5 Å². The maximum Gasteiger partial charge on any atom is 0.241 e. The molecule has 2 unspecified atom stereocenters. The zero-order valence-corrected chi connectivity index (χ0v) is 22.4. The number of anilines is 2. The smallest absolute Gasteiger partial charge is 0.241 e. The minimum absolute atomic E-state index is 0.0107. The number of hydrogen-bond donors (Lipinski definition) is 1. The molecule has 202 valence electrons. The first-order valence-electron chi connectivity index (χ1n) is 13.5. The van der Waals surface area contributed by atoms with Crippen LogP contribution in [0, 0.1) is 17.3 Å². The van der Waals surface area contributed by atoms with Gasteiger partial charge in [0.05, 0.1) is 22.9 Å². The van der Waals surface area contributed by atoms with Gasteiger partial charge in [0.15, 0.2) is 5.75 Å². The summed E-state index contributed by atoms with van der Waals surface area (Å²) in [5, 5.41) is 9.75. The van der Waals surface area contributed by atoms with Crippen LogP contribution in [-0.4, -0.2) is 74.5 Å². The first-order valence-corrected chi connectivity index (χ1v) is 13.5. The highest BCUT2D eigenvalue weighted by Gasteiger charge is 2.86. The fourth-order valence-corrected chi connectivity index (χ4v) is 9.43. The van der Waals surface area contributed by atoms with Crippen LogP contribution in [0.15, 0.2) is 48.6 Å².